The third kappa shape index (κ3) is 7.05. The first-order valence-corrected chi connectivity index (χ1v) is 11.2. The molecule has 3 rings (SSSR count). The summed E-state index contributed by atoms with van der Waals surface area (Å²) >= 11 is 0. The van der Waals surface area contributed by atoms with Gasteiger partial charge in [-0.25, -0.2) is 5.48 Å². The number of aromatic nitrogens is 1. The van der Waals surface area contributed by atoms with Crippen LogP contribution in [0.2, 0.25) is 0 Å². The number of amides is 2. The Hall–Kier alpha value is -2.42. The topological polar surface area (TPSA) is 113 Å². The highest BCUT2D eigenvalue weighted by Gasteiger charge is 2.20. The van der Waals surface area contributed by atoms with Gasteiger partial charge in [-0.3, -0.25) is 14.8 Å². The number of benzene rings is 1. The van der Waals surface area contributed by atoms with E-state index in [9.17, 15) is 9.59 Å². The Morgan fingerprint density at radius 2 is 1.97 bits per heavy atom. The number of carbonyl (C=O) groups excluding carboxylic acids is 2. The van der Waals surface area contributed by atoms with E-state index in [4.69, 9.17) is 14.7 Å². The van der Waals surface area contributed by atoms with E-state index in [0.29, 0.717) is 39.2 Å². The van der Waals surface area contributed by atoms with E-state index in [1.54, 1.807) is 5.48 Å². The van der Waals surface area contributed by atoms with Gasteiger partial charge in [0.2, 0.25) is 11.8 Å². The van der Waals surface area contributed by atoms with Gasteiger partial charge in [-0.15, -0.1) is 0 Å². The first kappa shape index (κ1) is 23.2. The number of ether oxygens (including phenoxy) is 2. The molecule has 2 heterocycles. The van der Waals surface area contributed by atoms with E-state index in [2.05, 4.69) is 16.4 Å². The molecular weight excluding hydrogens is 398 g/mol. The fourth-order valence-electron chi connectivity index (χ4n) is 3.91. The van der Waals surface area contributed by atoms with Crippen LogP contribution in [0.1, 0.15) is 56.2 Å². The quantitative estimate of drug-likeness (QED) is 0.319. The minimum atomic E-state index is -0.510. The Morgan fingerprint density at radius 3 is 2.84 bits per heavy atom. The van der Waals surface area contributed by atoms with Crippen LogP contribution in [0.15, 0.2) is 24.3 Å². The van der Waals surface area contributed by atoms with Crippen molar-refractivity contribution in [2.45, 2.75) is 64.0 Å². The predicted molar refractivity (Wildman–Crippen MR) is 117 cm³/mol. The zero-order valence-electron chi connectivity index (χ0n) is 18.0. The van der Waals surface area contributed by atoms with Crippen LogP contribution in [-0.4, -0.2) is 47.9 Å². The number of carbonyl (C=O) groups is 2. The van der Waals surface area contributed by atoms with Crippen molar-refractivity contribution in [3.05, 3.63) is 35.5 Å². The predicted octanol–water partition coefficient (Wildman–Crippen LogP) is 2.98. The van der Waals surface area contributed by atoms with Gasteiger partial charge in [0.05, 0.1) is 6.61 Å². The van der Waals surface area contributed by atoms with Crippen molar-refractivity contribution in [2.24, 2.45) is 0 Å². The molecule has 2 amide bonds. The van der Waals surface area contributed by atoms with Gasteiger partial charge >= 0.3 is 0 Å². The van der Waals surface area contributed by atoms with Crippen molar-refractivity contribution in [3.8, 4) is 0 Å². The van der Waals surface area contributed by atoms with Crippen LogP contribution < -0.4 is 10.8 Å². The molecule has 8 heteroatoms. The number of hydroxylamine groups is 1. The average molecular weight is 432 g/mol. The van der Waals surface area contributed by atoms with Crippen LogP contribution in [-0.2, 0) is 32.0 Å². The third-order valence-corrected chi connectivity index (χ3v) is 5.63. The number of hydrogen-bond donors (Lipinski definition) is 4. The molecule has 0 aliphatic carbocycles. The molecule has 0 radical (unpaired) electrons. The standard InChI is InChI=1S/C23H33N3O5/c27-22(26-29)11-3-1-2-10-21-23(28)24-16-18-17-8-4-5-9-19(17)25-20(18)12-15-30-13-6-7-14-31-21/h4-5,8-9,21,25,29H,1-3,6-7,10-16H2,(H,24,28)(H,26,27). The van der Waals surface area contributed by atoms with Gasteiger partial charge < -0.3 is 19.8 Å². The lowest BCUT2D eigenvalue weighted by Crippen LogP contribution is -2.36. The summed E-state index contributed by atoms with van der Waals surface area (Å²) in [5.74, 6) is -0.485. The number of aromatic amines is 1. The fourth-order valence-corrected chi connectivity index (χ4v) is 3.91. The highest BCUT2D eigenvalue weighted by Crippen LogP contribution is 2.23. The molecule has 0 fully saturated rings. The summed E-state index contributed by atoms with van der Waals surface area (Å²) in [6, 6.07) is 8.11. The van der Waals surface area contributed by atoms with E-state index >= 15 is 0 Å². The molecule has 8 nitrogen and oxygen atoms in total. The Balaban J connectivity index is 1.63. The maximum atomic E-state index is 12.9. The molecule has 1 atom stereocenters. The van der Waals surface area contributed by atoms with Gasteiger partial charge in [0.1, 0.15) is 6.10 Å². The lowest BCUT2D eigenvalue weighted by atomic mass is 10.1. The van der Waals surface area contributed by atoms with Crippen molar-refractivity contribution in [1.29, 1.82) is 0 Å². The summed E-state index contributed by atoms with van der Waals surface area (Å²) in [4.78, 5) is 27.5. The molecule has 4 N–H and O–H groups in total. The van der Waals surface area contributed by atoms with Gasteiger partial charge in [0, 0.05) is 49.2 Å². The summed E-state index contributed by atoms with van der Waals surface area (Å²) in [6.07, 6.45) is 5.12. The zero-order valence-corrected chi connectivity index (χ0v) is 18.0. The van der Waals surface area contributed by atoms with Crippen LogP contribution in [0.25, 0.3) is 10.9 Å². The zero-order chi connectivity index (χ0) is 21.9. The van der Waals surface area contributed by atoms with E-state index in [1.165, 1.54) is 0 Å². The summed E-state index contributed by atoms with van der Waals surface area (Å²) < 4.78 is 11.7. The number of rotatable bonds is 6. The van der Waals surface area contributed by atoms with Gasteiger partial charge in [-0.1, -0.05) is 31.0 Å². The summed E-state index contributed by atoms with van der Waals surface area (Å²) in [7, 11) is 0. The fraction of sp³-hybridized carbons (Fsp3) is 0.565. The number of hydrogen-bond acceptors (Lipinski definition) is 5. The molecule has 1 aromatic carbocycles. The monoisotopic (exact) mass is 431 g/mol. The Bertz CT molecular complexity index is 851. The molecule has 0 spiro atoms. The summed E-state index contributed by atoms with van der Waals surface area (Å²) in [5, 5.41) is 12.7. The maximum Gasteiger partial charge on any atom is 0.249 e. The normalized spacial score (nSPS) is 18.7. The summed E-state index contributed by atoms with van der Waals surface area (Å²) in [5.41, 5.74) is 4.89. The van der Waals surface area contributed by atoms with Gasteiger partial charge in [0.15, 0.2) is 0 Å². The van der Waals surface area contributed by atoms with Crippen molar-refractivity contribution >= 4 is 22.7 Å². The lowest BCUT2D eigenvalue weighted by Gasteiger charge is -2.19. The first-order valence-electron chi connectivity index (χ1n) is 11.2. The molecule has 1 aliphatic rings. The number of nitrogens with one attached hydrogen (secondary N) is 3. The van der Waals surface area contributed by atoms with E-state index in [1.807, 2.05) is 18.2 Å². The van der Waals surface area contributed by atoms with E-state index in [-0.39, 0.29) is 18.2 Å². The Morgan fingerprint density at radius 1 is 1.13 bits per heavy atom. The molecule has 0 saturated carbocycles. The van der Waals surface area contributed by atoms with Crippen molar-refractivity contribution < 1.29 is 24.3 Å². The largest absolute Gasteiger partial charge is 0.381 e. The van der Waals surface area contributed by atoms with Crippen LogP contribution in [0.4, 0.5) is 0 Å². The van der Waals surface area contributed by atoms with Crippen LogP contribution in [0.3, 0.4) is 0 Å². The molecule has 1 unspecified atom stereocenters. The summed E-state index contributed by atoms with van der Waals surface area (Å²) in [6.45, 7) is 2.29. The second kappa shape index (κ2) is 12.4. The number of para-hydroxylation sites is 1. The second-order valence-corrected chi connectivity index (χ2v) is 7.91. The smallest absolute Gasteiger partial charge is 0.249 e. The van der Waals surface area contributed by atoms with Gasteiger partial charge in [-0.05, 0) is 37.3 Å². The van der Waals surface area contributed by atoms with Gasteiger partial charge in [0.25, 0.3) is 0 Å². The number of fused-ring (bicyclic) bond motifs is 3. The van der Waals surface area contributed by atoms with E-state index < -0.39 is 6.10 Å². The lowest BCUT2D eigenvalue weighted by molar-refractivity contribution is -0.134. The molecule has 0 bridgehead atoms. The molecule has 0 saturated heterocycles. The van der Waals surface area contributed by atoms with Crippen molar-refractivity contribution in [3.63, 3.8) is 0 Å². The number of H-pyrrole nitrogens is 1. The third-order valence-electron chi connectivity index (χ3n) is 5.63. The minimum absolute atomic E-state index is 0.0994. The molecule has 1 aromatic heterocycles. The Labute approximate surface area is 182 Å². The number of unbranched alkanes of at least 4 members (excludes halogenated alkanes) is 2. The molecule has 31 heavy (non-hydrogen) atoms. The molecule has 2 aromatic rings. The highest BCUT2D eigenvalue weighted by molar-refractivity contribution is 5.86. The second-order valence-electron chi connectivity index (χ2n) is 7.91. The van der Waals surface area contributed by atoms with E-state index in [0.717, 1.165) is 54.3 Å². The van der Waals surface area contributed by atoms with Crippen LogP contribution >= 0.6 is 0 Å². The molecule has 170 valence electrons. The van der Waals surface area contributed by atoms with Crippen molar-refractivity contribution in [1.82, 2.24) is 15.8 Å². The van der Waals surface area contributed by atoms with Crippen molar-refractivity contribution in [2.75, 3.05) is 19.8 Å². The first-order chi connectivity index (χ1) is 15.2. The van der Waals surface area contributed by atoms with Crippen LogP contribution in [0, 0.1) is 0 Å². The maximum absolute atomic E-state index is 12.9. The molecular formula is C23H33N3O5. The van der Waals surface area contributed by atoms with Gasteiger partial charge in [-0.2, -0.15) is 0 Å². The molecule has 1 aliphatic heterocycles. The average Bonchev–Trinajstić information content (AvgIpc) is 3.14. The Kier molecular flexibility index (Phi) is 9.33. The minimum Gasteiger partial charge on any atom is -0.381 e. The highest BCUT2D eigenvalue weighted by atomic mass is 16.5. The SMILES string of the molecule is O=C(CCCCCC1OCCCCOCCc2[nH]c3ccccc3c2CNC1=O)NO. The van der Waals surface area contributed by atoms with Crippen LogP contribution in [0.5, 0.6) is 0 Å².